The van der Waals surface area contributed by atoms with Crippen molar-refractivity contribution >= 4 is 35.2 Å². The van der Waals surface area contributed by atoms with Gasteiger partial charge in [-0.05, 0) is 47.4 Å². The summed E-state index contributed by atoms with van der Waals surface area (Å²) in [4.78, 5) is 12.3. The zero-order chi connectivity index (χ0) is 24.2. The van der Waals surface area contributed by atoms with E-state index < -0.39 is 5.97 Å². The van der Waals surface area contributed by atoms with Crippen molar-refractivity contribution in [1.82, 2.24) is 0 Å². The van der Waals surface area contributed by atoms with Crippen LogP contribution in [0.5, 0.6) is 11.5 Å². The van der Waals surface area contributed by atoms with E-state index in [0.29, 0.717) is 26.9 Å². The van der Waals surface area contributed by atoms with Crippen LogP contribution in [0.25, 0.3) is 6.08 Å². The Balaban J connectivity index is 1.59. The molecule has 0 bridgehead atoms. The number of fused-ring (bicyclic) bond motifs is 1. The number of ether oxygens (including phenoxy) is 2. The normalized spacial score (nSPS) is 14.9. The Hall–Kier alpha value is -3.72. The molecule has 34 heavy (non-hydrogen) atoms. The molecule has 1 atom stereocenters. The highest BCUT2D eigenvalue weighted by Gasteiger charge is 2.31. The van der Waals surface area contributed by atoms with Crippen LogP contribution in [-0.4, -0.2) is 5.97 Å². The third-order valence-corrected chi connectivity index (χ3v) is 6.05. The highest BCUT2D eigenvalue weighted by molar-refractivity contribution is 6.35. The summed E-state index contributed by atoms with van der Waals surface area (Å²) in [7, 11) is 0. The van der Waals surface area contributed by atoms with Gasteiger partial charge < -0.3 is 15.2 Å². The van der Waals surface area contributed by atoms with Crippen LogP contribution in [0.15, 0.2) is 78.2 Å². The first kappa shape index (κ1) is 23.4. The number of carbonyl (C=O) groups excluding carboxylic acids is 1. The molecule has 0 saturated carbocycles. The lowest BCUT2D eigenvalue weighted by Crippen LogP contribution is -2.21. The third-order valence-electron chi connectivity index (χ3n) is 5.49. The number of nitrogens with two attached hydrogens (primary N) is 1. The summed E-state index contributed by atoms with van der Waals surface area (Å²) < 4.78 is 11.1. The number of nitriles is 1. The van der Waals surface area contributed by atoms with E-state index in [9.17, 15) is 10.1 Å². The second-order valence-corrected chi connectivity index (χ2v) is 8.48. The summed E-state index contributed by atoms with van der Waals surface area (Å²) in [6, 6.07) is 20.2. The van der Waals surface area contributed by atoms with E-state index in [1.807, 2.05) is 24.3 Å². The average molecular weight is 491 g/mol. The topological polar surface area (TPSA) is 85.3 Å². The number of halogens is 2. The Bertz CT molecular complexity index is 1360. The Morgan fingerprint density at radius 2 is 1.91 bits per heavy atom. The molecule has 170 valence electrons. The van der Waals surface area contributed by atoms with Crippen molar-refractivity contribution < 1.29 is 14.3 Å². The van der Waals surface area contributed by atoms with E-state index in [-0.39, 0.29) is 17.6 Å². The molecular weight excluding hydrogens is 471 g/mol. The highest BCUT2D eigenvalue weighted by atomic mass is 35.5. The third kappa shape index (κ3) is 4.94. The van der Waals surface area contributed by atoms with Crippen LogP contribution in [0, 0.1) is 11.3 Å². The van der Waals surface area contributed by atoms with Crippen LogP contribution >= 0.6 is 23.2 Å². The molecule has 3 aromatic rings. The van der Waals surface area contributed by atoms with E-state index >= 15 is 0 Å². The van der Waals surface area contributed by atoms with Gasteiger partial charge in [-0.1, -0.05) is 66.5 Å². The summed E-state index contributed by atoms with van der Waals surface area (Å²) in [6.45, 7) is 2.08. The number of allylic oxidation sites excluding steroid dienone is 1. The first-order chi connectivity index (χ1) is 16.4. The first-order valence-electron chi connectivity index (χ1n) is 10.5. The number of rotatable bonds is 5. The molecule has 5 nitrogen and oxygen atoms in total. The van der Waals surface area contributed by atoms with Crippen LogP contribution in [0.2, 0.25) is 10.0 Å². The molecule has 0 spiro atoms. The molecule has 0 radical (unpaired) electrons. The fraction of sp³-hybridized carbons (Fsp3) is 0.111. The molecule has 1 heterocycles. The predicted molar refractivity (Wildman–Crippen MR) is 133 cm³/mol. The molecule has 7 heteroatoms. The summed E-state index contributed by atoms with van der Waals surface area (Å²) in [5.74, 6) is -0.230. The number of hydrogen-bond acceptors (Lipinski definition) is 5. The Labute approximate surface area is 207 Å². The van der Waals surface area contributed by atoms with Crippen molar-refractivity contribution in [3.63, 3.8) is 0 Å². The smallest absolute Gasteiger partial charge is 0.336 e. The van der Waals surface area contributed by atoms with E-state index in [2.05, 4.69) is 13.0 Å². The number of aryl methyl sites for hydroxylation is 1. The molecule has 1 aliphatic rings. The molecule has 0 saturated heterocycles. The van der Waals surface area contributed by atoms with Crippen LogP contribution in [0.4, 0.5) is 0 Å². The minimum atomic E-state index is -0.588. The Kier molecular flexibility index (Phi) is 6.93. The predicted octanol–water partition coefficient (Wildman–Crippen LogP) is 6.39. The van der Waals surface area contributed by atoms with Crippen molar-refractivity contribution in [2.24, 2.45) is 5.73 Å². The first-order valence-corrected chi connectivity index (χ1v) is 11.3. The molecule has 1 aliphatic heterocycles. The van der Waals surface area contributed by atoms with E-state index in [0.717, 1.165) is 17.5 Å². The van der Waals surface area contributed by atoms with Crippen molar-refractivity contribution in [2.75, 3.05) is 0 Å². The molecule has 4 rings (SSSR count). The molecule has 0 aromatic heterocycles. The van der Waals surface area contributed by atoms with Crippen molar-refractivity contribution in [1.29, 1.82) is 5.26 Å². The second kappa shape index (κ2) is 10.0. The molecule has 0 amide bonds. The Morgan fingerprint density at radius 3 is 2.59 bits per heavy atom. The van der Waals surface area contributed by atoms with Gasteiger partial charge in [0.25, 0.3) is 0 Å². The van der Waals surface area contributed by atoms with Crippen molar-refractivity contribution in [2.45, 2.75) is 19.3 Å². The van der Waals surface area contributed by atoms with Crippen LogP contribution in [0.3, 0.4) is 0 Å². The largest absolute Gasteiger partial charge is 0.440 e. The molecule has 0 fully saturated rings. The Morgan fingerprint density at radius 1 is 1.15 bits per heavy atom. The molecule has 3 aromatic carbocycles. The minimum absolute atomic E-state index is 0.0281. The summed E-state index contributed by atoms with van der Waals surface area (Å²) in [5.41, 5.74) is 9.93. The highest BCUT2D eigenvalue weighted by Crippen LogP contribution is 2.43. The maximum Gasteiger partial charge on any atom is 0.336 e. The fourth-order valence-electron chi connectivity index (χ4n) is 3.73. The summed E-state index contributed by atoms with van der Waals surface area (Å²) >= 11 is 12.0. The van der Waals surface area contributed by atoms with Crippen LogP contribution in [0.1, 0.15) is 35.1 Å². The van der Waals surface area contributed by atoms with Crippen molar-refractivity contribution in [3.8, 4) is 17.6 Å². The number of nitrogens with zero attached hydrogens (tertiary/aromatic N) is 1. The molecular formula is C27H20Cl2N2O3. The summed E-state index contributed by atoms with van der Waals surface area (Å²) in [5, 5.41) is 10.6. The van der Waals surface area contributed by atoms with Gasteiger partial charge in [0.1, 0.15) is 23.1 Å². The fourth-order valence-corrected chi connectivity index (χ4v) is 4.20. The van der Waals surface area contributed by atoms with Gasteiger partial charge in [-0.3, -0.25) is 0 Å². The maximum absolute atomic E-state index is 12.3. The standard InChI is InChI=1S/C27H20Cl2N2O3/c1-2-16-3-5-18(6-4-16)26-21-11-10-20(14-24(21)34-27(31)22(26)15-30)33-25(32)12-8-17-7-9-19(28)13-23(17)29/h3-14,26H,2,31H2,1H3/b12-8+. The van der Waals surface area contributed by atoms with Gasteiger partial charge in [0.05, 0.1) is 5.92 Å². The minimum Gasteiger partial charge on any atom is -0.440 e. The molecule has 0 aliphatic carbocycles. The number of esters is 1. The zero-order valence-electron chi connectivity index (χ0n) is 18.2. The molecule has 2 N–H and O–H groups in total. The van der Waals surface area contributed by atoms with Gasteiger partial charge in [-0.15, -0.1) is 0 Å². The SMILES string of the molecule is CCc1ccc(C2C(C#N)=C(N)Oc3cc(OC(=O)/C=C/c4ccc(Cl)cc4Cl)ccc32)cc1. The second-order valence-electron chi connectivity index (χ2n) is 7.64. The van der Waals surface area contributed by atoms with E-state index in [1.54, 1.807) is 42.5 Å². The van der Waals surface area contributed by atoms with Gasteiger partial charge in [0, 0.05) is 27.8 Å². The van der Waals surface area contributed by atoms with Gasteiger partial charge in [-0.2, -0.15) is 5.26 Å². The number of benzene rings is 3. The average Bonchev–Trinajstić information content (AvgIpc) is 2.82. The van der Waals surface area contributed by atoms with Crippen LogP contribution < -0.4 is 15.2 Å². The molecule has 1 unspecified atom stereocenters. The van der Waals surface area contributed by atoms with Gasteiger partial charge >= 0.3 is 5.97 Å². The lowest BCUT2D eigenvalue weighted by Gasteiger charge is -2.26. The van der Waals surface area contributed by atoms with E-state index in [1.165, 1.54) is 11.6 Å². The van der Waals surface area contributed by atoms with Crippen LogP contribution in [-0.2, 0) is 11.2 Å². The quantitative estimate of drug-likeness (QED) is 0.254. The number of carbonyl (C=O) groups is 1. The van der Waals surface area contributed by atoms with Gasteiger partial charge in [0.2, 0.25) is 5.88 Å². The maximum atomic E-state index is 12.3. The summed E-state index contributed by atoms with van der Waals surface area (Å²) in [6.07, 6.45) is 3.74. The zero-order valence-corrected chi connectivity index (χ0v) is 19.7. The number of hydrogen-bond donors (Lipinski definition) is 1. The van der Waals surface area contributed by atoms with Gasteiger partial charge in [0.15, 0.2) is 0 Å². The lowest BCUT2D eigenvalue weighted by atomic mass is 9.83. The van der Waals surface area contributed by atoms with Crippen molar-refractivity contribution in [3.05, 3.63) is 110 Å². The van der Waals surface area contributed by atoms with E-state index in [4.69, 9.17) is 38.4 Å². The van der Waals surface area contributed by atoms with Gasteiger partial charge in [-0.25, -0.2) is 4.79 Å². The lowest BCUT2D eigenvalue weighted by molar-refractivity contribution is -0.128. The monoisotopic (exact) mass is 490 g/mol.